The molecule has 1 saturated heterocycles. The lowest BCUT2D eigenvalue weighted by molar-refractivity contribution is -0.127. The number of carbonyl (C=O) groups excluding carboxylic acids is 1. The van der Waals surface area contributed by atoms with Crippen LogP contribution in [0, 0.1) is 0 Å². The zero-order valence-electron chi connectivity index (χ0n) is 15.7. The monoisotopic (exact) mass is 337 g/mol. The van der Waals surface area contributed by atoms with E-state index in [2.05, 4.69) is 28.1 Å². The number of rotatable bonds is 8. The maximum absolute atomic E-state index is 12.4. The average molecular weight is 338 g/mol. The standard InChI is InChI=1S/C19H35N3O2/c1-16-15-22(12-11-21(16)13-14-24-3)17(2)19(23)20-10-9-18-7-5-4-6-8-18/h7,16-17H,4-6,8-15H2,1-3H3,(H,20,23)/t16-,17+/m0/s1. The van der Waals surface area contributed by atoms with Gasteiger partial charge in [0.1, 0.15) is 0 Å². The molecule has 0 spiro atoms. The van der Waals surface area contributed by atoms with Crippen molar-refractivity contribution < 1.29 is 9.53 Å². The van der Waals surface area contributed by atoms with Crippen LogP contribution in [0.1, 0.15) is 46.0 Å². The molecule has 1 amide bonds. The highest BCUT2D eigenvalue weighted by molar-refractivity contribution is 5.81. The molecule has 0 aromatic heterocycles. The van der Waals surface area contributed by atoms with Crippen molar-refractivity contribution in [3.63, 3.8) is 0 Å². The predicted molar refractivity (Wildman–Crippen MR) is 98.1 cm³/mol. The van der Waals surface area contributed by atoms with Gasteiger partial charge >= 0.3 is 0 Å². The number of piperazine rings is 1. The Morgan fingerprint density at radius 1 is 1.42 bits per heavy atom. The van der Waals surface area contributed by atoms with E-state index in [4.69, 9.17) is 4.74 Å². The molecular formula is C19H35N3O2. The van der Waals surface area contributed by atoms with Gasteiger partial charge in [-0.1, -0.05) is 11.6 Å². The molecule has 5 heteroatoms. The van der Waals surface area contributed by atoms with Crippen LogP contribution in [-0.4, -0.2) is 74.2 Å². The Hall–Kier alpha value is -0.910. The normalized spacial score (nSPS) is 24.5. The van der Waals surface area contributed by atoms with Crippen LogP contribution in [0.2, 0.25) is 0 Å². The van der Waals surface area contributed by atoms with Crippen LogP contribution in [0.15, 0.2) is 11.6 Å². The summed E-state index contributed by atoms with van der Waals surface area (Å²) >= 11 is 0. The molecule has 0 unspecified atom stereocenters. The lowest BCUT2D eigenvalue weighted by atomic mass is 9.97. The quantitative estimate of drug-likeness (QED) is 0.689. The largest absolute Gasteiger partial charge is 0.383 e. The van der Waals surface area contributed by atoms with Crippen molar-refractivity contribution in [2.24, 2.45) is 0 Å². The molecule has 2 rings (SSSR count). The van der Waals surface area contributed by atoms with Crippen LogP contribution >= 0.6 is 0 Å². The van der Waals surface area contributed by atoms with Gasteiger partial charge in [0.15, 0.2) is 0 Å². The summed E-state index contributed by atoms with van der Waals surface area (Å²) in [7, 11) is 1.75. The van der Waals surface area contributed by atoms with E-state index in [0.29, 0.717) is 6.04 Å². The van der Waals surface area contributed by atoms with Gasteiger partial charge in [0.05, 0.1) is 12.6 Å². The third-order valence-electron chi connectivity index (χ3n) is 5.44. The van der Waals surface area contributed by atoms with Crippen LogP contribution in [-0.2, 0) is 9.53 Å². The van der Waals surface area contributed by atoms with Crippen molar-refractivity contribution in [3.05, 3.63) is 11.6 Å². The summed E-state index contributed by atoms with van der Waals surface area (Å²) < 4.78 is 5.18. The predicted octanol–water partition coefficient (Wildman–Crippen LogP) is 2.03. The molecule has 0 aromatic rings. The van der Waals surface area contributed by atoms with Crippen molar-refractivity contribution in [1.29, 1.82) is 0 Å². The zero-order valence-corrected chi connectivity index (χ0v) is 15.7. The van der Waals surface area contributed by atoms with Gasteiger partial charge in [-0.15, -0.1) is 0 Å². The number of hydrogen-bond donors (Lipinski definition) is 1. The minimum absolute atomic E-state index is 0.0441. The van der Waals surface area contributed by atoms with Crippen LogP contribution in [0.3, 0.4) is 0 Å². The van der Waals surface area contributed by atoms with Gasteiger partial charge in [0, 0.05) is 45.9 Å². The molecule has 0 radical (unpaired) electrons. The Morgan fingerprint density at radius 3 is 2.92 bits per heavy atom. The number of carbonyl (C=O) groups is 1. The van der Waals surface area contributed by atoms with Crippen molar-refractivity contribution in [1.82, 2.24) is 15.1 Å². The molecular weight excluding hydrogens is 302 g/mol. The summed E-state index contributed by atoms with van der Waals surface area (Å²) in [5.41, 5.74) is 1.52. The molecule has 5 nitrogen and oxygen atoms in total. The first kappa shape index (κ1) is 19.4. The Kier molecular flexibility index (Phi) is 8.22. The van der Waals surface area contributed by atoms with Gasteiger partial charge in [0.25, 0.3) is 0 Å². The second-order valence-corrected chi connectivity index (χ2v) is 7.20. The number of nitrogens with zero attached hydrogens (tertiary/aromatic N) is 2. The number of methoxy groups -OCH3 is 1. The number of allylic oxidation sites excluding steroid dienone is 1. The number of hydrogen-bond acceptors (Lipinski definition) is 4. The lowest BCUT2D eigenvalue weighted by Gasteiger charge is -2.41. The highest BCUT2D eigenvalue weighted by Gasteiger charge is 2.29. The third-order valence-corrected chi connectivity index (χ3v) is 5.44. The Bertz CT molecular complexity index is 425. The van der Waals surface area contributed by atoms with E-state index in [9.17, 15) is 4.79 Å². The minimum Gasteiger partial charge on any atom is -0.383 e. The van der Waals surface area contributed by atoms with Crippen LogP contribution in [0.5, 0.6) is 0 Å². The topological polar surface area (TPSA) is 44.8 Å². The van der Waals surface area contributed by atoms with Gasteiger partial charge in [-0.2, -0.15) is 0 Å². The van der Waals surface area contributed by atoms with Gasteiger partial charge < -0.3 is 10.1 Å². The van der Waals surface area contributed by atoms with E-state index < -0.39 is 0 Å². The van der Waals surface area contributed by atoms with E-state index >= 15 is 0 Å². The number of amides is 1. The second-order valence-electron chi connectivity index (χ2n) is 7.20. The average Bonchev–Trinajstić information content (AvgIpc) is 2.61. The van der Waals surface area contributed by atoms with Crippen LogP contribution in [0.4, 0.5) is 0 Å². The summed E-state index contributed by atoms with van der Waals surface area (Å²) in [6.45, 7) is 9.71. The van der Waals surface area contributed by atoms with Gasteiger partial charge in [0.2, 0.25) is 5.91 Å². The molecule has 1 N–H and O–H groups in total. The van der Waals surface area contributed by atoms with Crippen LogP contribution < -0.4 is 5.32 Å². The maximum Gasteiger partial charge on any atom is 0.237 e. The summed E-state index contributed by atoms with van der Waals surface area (Å²) in [6.07, 6.45) is 8.43. The lowest BCUT2D eigenvalue weighted by Crippen LogP contribution is -2.57. The fourth-order valence-electron chi connectivity index (χ4n) is 3.71. The molecule has 0 bridgehead atoms. The van der Waals surface area contributed by atoms with Crippen molar-refractivity contribution in [3.8, 4) is 0 Å². The SMILES string of the molecule is COCCN1CCN([C@H](C)C(=O)NCCC2=CCCCC2)C[C@@H]1C. The zero-order chi connectivity index (χ0) is 17.4. The van der Waals surface area contributed by atoms with Crippen molar-refractivity contribution in [2.75, 3.05) is 46.4 Å². The molecule has 1 fully saturated rings. The molecule has 138 valence electrons. The first-order valence-corrected chi connectivity index (χ1v) is 9.54. The highest BCUT2D eigenvalue weighted by Crippen LogP contribution is 2.19. The van der Waals surface area contributed by atoms with Gasteiger partial charge in [-0.05, 0) is 46.0 Å². The minimum atomic E-state index is -0.0441. The number of nitrogens with one attached hydrogen (secondary N) is 1. The highest BCUT2D eigenvalue weighted by atomic mass is 16.5. The first-order valence-electron chi connectivity index (χ1n) is 9.54. The molecule has 24 heavy (non-hydrogen) atoms. The fraction of sp³-hybridized carbons (Fsp3) is 0.842. The Labute approximate surface area is 147 Å². The summed E-state index contributed by atoms with van der Waals surface area (Å²) in [6, 6.07) is 0.425. The molecule has 1 aliphatic carbocycles. The Balaban J connectivity index is 1.70. The van der Waals surface area contributed by atoms with E-state index in [1.165, 1.54) is 31.3 Å². The first-order chi connectivity index (χ1) is 11.6. The van der Waals surface area contributed by atoms with E-state index in [-0.39, 0.29) is 11.9 Å². The van der Waals surface area contributed by atoms with Gasteiger partial charge in [-0.3, -0.25) is 14.6 Å². The summed E-state index contributed by atoms with van der Waals surface area (Å²) in [5.74, 6) is 0.170. The van der Waals surface area contributed by atoms with Crippen molar-refractivity contribution in [2.45, 2.75) is 58.0 Å². The molecule has 0 saturated carbocycles. The maximum atomic E-state index is 12.4. The smallest absolute Gasteiger partial charge is 0.237 e. The van der Waals surface area contributed by atoms with E-state index in [1.807, 2.05) is 6.92 Å². The third kappa shape index (κ3) is 5.87. The van der Waals surface area contributed by atoms with Crippen LogP contribution in [0.25, 0.3) is 0 Å². The fourth-order valence-corrected chi connectivity index (χ4v) is 3.71. The molecule has 1 aliphatic heterocycles. The van der Waals surface area contributed by atoms with Gasteiger partial charge in [-0.25, -0.2) is 0 Å². The molecule has 1 heterocycles. The Morgan fingerprint density at radius 2 is 2.25 bits per heavy atom. The van der Waals surface area contributed by atoms with E-state index in [0.717, 1.165) is 45.8 Å². The second kappa shape index (κ2) is 10.2. The molecule has 2 atom stereocenters. The van der Waals surface area contributed by atoms with Crippen molar-refractivity contribution >= 4 is 5.91 Å². The molecule has 2 aliphatic rings. The summed E-state index contributed by atoms with van der Waals surface area (Å²) in [4.78, 5) is 17.2. The molecule has 0 aromatic carbocycles. The number of ether oxygens (including phenoxy) is 1. The van der Waals surface area contributed by atoms with E-state index in [1.54, 1.807) is 7.11 Å². The summed E-state index contributed by atoms with van der Waals surface area (Å²) in [5, 5.41) is 3.13.